The Labute approximate surface area is 186 Å². The van der Waals surface area contributed by atoms with Crippen LogP contribution in [0.15, 0.2) is 11.6 Å². The van der Waals surface area contributed by atoms with E-state index in [0.717, 1.165) is 54.3 Å². The van der Waals surface area contributed by atoms with E-state index in [0.29, 0.717) is 16.6 Å². The highest BCUT2D eigenvalue weighted by Crippen LogP contribution is 2.67. The van der Waals surface area contributed by atoms with Gasteiger partial charge in [-0.15, -0.1) is 0 Å². The fourth-order valence-electron chi connectivity index (χ4n) is 9.22. The number of carbonyl (C=O) groups is 1. The molecule has 170 valence electrons. The fourth-order valence-corrected chi connectivity index (χ4v) is 9.22. The first-order chi connectivity index (χ1) is 14.2. The fraction of sp³-hybridized carbons (Fsp3) is 0.897. The van der Waals surface area contributed by atoms with Crippen LogP contribution in [0.3, 0.4) is 0 Å². The molecule has 3 fully saturated rings. The minimum atomic E-state index is 0.327. The highest BCUT2D eigenvalue weighted by Gasteiger charge is 2.59. The van der Waals surface area contributed by atoms with Gasteiger partial charge in [0.05, 0.1) is 0 Å². The molecule has 0 aliphatic heterocycles. The second-order valence-electron chi connectivity index (χ2n) is 12.7. The molecule has 1 heteroatoms. The predicted molar refractivity (Wildman–Crippen MR) is 127 cm³/mol. The molecule has 0 N–H and O–H groups in total. The van der Waals surface area contributed by atoms with E-state index in [1.165, 1.54) is 63.4 Å². The van der Waals surface area contributed by atoms with Crippen molar-refractivity contribution in [2.75, 3.05) is 0 Å². The van der Waals surface area contributed by atoms with Crippen molar-refractivity contribution in [3.8, 4) is 0 Å². The lowest BCUT2D eigenvalue weighted by Gasteiger charge is -2.58. The third-order valence-corrected chi connectivity index (χ3v) is 11.2. The summed E-state index contributed by atoms with van der Waals surface area (Å²) in [5.41, 5.74) is 2.42. The van der Waals surface area contributed by atoms with Crippen molar-refractivity contribution in [2.45, 2.75) is 112 Å². The van der Waals surface area contributed by atoms with Gasteiger partial charge in [0.2, 0.25) is 0 Å². The molecule has 0 saturated heterocycles. The summed E-state index contributed by atoms with van der Waals surface area (Å²) >= 11 is 0. The molecule has 0 aromatic heterocycles. The van der Waals surface area contributed by atoms with E-state index in [1.807, 2.05) is 0 Å². The van der Waals surface area contributed by atoms with Gasteiger partial charge >= 0.3 is 0 Å². The topological polar surface area (TPSA) is 17.1 Å². The first kappa shape index (κ1) is 22.6. The molecule has 2 unspecified atom stereocenters. The molecule has 0 bridgehead atoms. The Kier molecular flexibility index (Phi) is 6.33. The lowest BCUT2D eigenvalue weighted by atomic mass is 9.46. The summed E-state index contributed by atoms with van der Waals surface area (Å²) in [5.74, 6) is 6.63. The molecular weight excluding hydrogens is 364 g/mol. The van der Waals surface area contributed by atoms with E-state index < -0.39 is 0 Å². The summed E-state index contributed by atoms with van der Waals surface area (Å²) in [6.45, 7) is 15.0. The average molecular weight is 413 g/mol. The first-order valence-electron chi connectivity index (χ1n) is 13.4. The molecule has 0 spiro atoms. The van der Waals surface area contributed by atoms with E-state index in [-0.39, 0.29) is 0 Å². The molecule has 4 rings (SSSR count). The smallest absolute Gasteiger partial charge is 0.155 e. The van der Waals surface area contributed by atoms with Crippen LogP contribution in [0.25, 0.3) is 0 Å². The van der Waals surface area contributed by atoms with Crippen molar-refractivity contribution in [1.29, 1.82) is 0 Å². The maximum Gasteiger partial charge on any atom is 0.155 e. The molecule has 30 heavy (non-hydrogen) atoms. The second-order valence-corrected chi connectivity index (χ2v) is 12.7. The van der Waals surface area contributed by atoms with E-state index in [1.54, 1.807) is 0 Å². The summed E-state index contributed by atoms with van der Waals surface area (Å²) in [5, 5.41) is 0. The van der Waals surface area contributed by atoms with Crippen LogP contribution in [0.2, 0.25) is 0 Å². The number of carbonyl (C=O) groups excluding carboxylic acids is 1. The van der Waals surface area contributed by atoms with Crippen LogP contribution < -0.4 is 0 Å². The lowest BCUT2D eigenvalue weighted by molar-refractivity contribution is -0.117. The molecule has 0 aromatic rings. The zero-order valence-corrected chi connectivity index (χ0v) is 20.8. The van der Waals surface area contributed by atoms with Gasteiger partial charge in [-0.05, 0) is 110 Å². The van der Waals surface area contributed by atoms with Crippen molar-refractivity contribution in [3.05, 3.63) is 11.6 Å². The molecule has 0 radical (unpaired) electrons. The molecule has 8 atom stereocenters. The van der Waals surface area contributed by atoms with E-state index in [9.17, 15) is 4.79 Å². The standard InChI is InChI=1S/C29H48O/c1-7-21(19(2)3)9-8-20(4)25-12-13-26-24-11-10-22-18-23(30)14-16-28(22,5)27(24)15-17-29(25,26)6/h18-21,24-27H,7-17H2,1-6H3/t20?,21?,24-,25+,26-,27-,28-,29+/m0/s1. The maximum atomic E-state index is 12.1. The van der Waals surface area contributed by atoms with Crippen LogP contribution in [0, 0.1) is 52.3 Å². The third kappa shape index (κ3) is 3.65. The lowest BCUT2D eigenvalue weighted by Crippen LogP contribution is -2.51. The quantitative estimate of drug-likeness (QED) is 0.429. The SMILES string of the molecule is CCC(CCC(C)[C@H]1CC[C@H]2[C@@H]3CCC4=CC(=O)CC[C@]4(C)[C@H]3CC[C@]12C)C(C)C. The summed E-state index contributed by atoms with van der Waals surface area (Å²) in [6, 6.07) is 0. The van der Waals surface area contributed by atoms with Gasteiger partial charge in [-0.1, -0.05) is 60.0 Å². The van der Waals surface area contributed by atoms with Crippen molar-refractivity contribution < 1.29 is 4.79 Å². The van der Waals surface area contributed by atoms with E-state index >= 15 is 0 Å². The Morgan fingerprint density at radius 2 is 1.73 bits per heavy atom. The van der Waals surface area contributed by atoms with Crippen molar-refractivity contribution in [3.63, 3.8) is 0 Å². The summed E-state index contributed by atoms with van der Waals surface area (Å²) in [6.07, 6.45) is 16.5. The zero-order chi connectivity index (χ0) is 21.7. The molecule has 0 aromatic carbocycles. The number of ketones is 1. The summed E-state index contributed by atoms with van der Waals surface area (Å²) < 4.78 is 0. The Balaban J connectivity index is 1.48. The average Bonchev–Trinajstić information content (AvgIpc) is 3.06. The monoisotopic (exact) mass is 412 g/mol. The Morgan fingerprint density at radius 1 is 0.967 bits per heavy atom. The number of fused-ring (bicyclic) bond motifs is 5. The maximum absolute atomic E-state index is 12.1. The largest absolute Gasteiger partial charge is 0.295 e. The van der Waals surface area contributed by atoms with Crippen LogP contribution >= 0.6 is 0 Å². The van der Waals surface area contributed by atoms with Crippen LogP contribution in [0.1, 0.15) is 112 Å². The summed E-state index contributed by atoms with van der Waals surface area (Å²) in [4.78, 5) is 12.1. The minimum Gasteiger partial charge on any atom is -0.295 e. The van der Waals surface area contributed by atoms with Crippen LogP contribution in [0.4, 0.5) is 0 Å². The highest BCUT2D eigenvalue weighted by atomic mass is 16.1. The number of hydrogen-bond donors (Lipinski definition) is 0. The van der Waals surface area contributed by atoms with E-state index in [4.69, 9.17) is 0 Å². The van der Waals surface area contributed by atoms with E-state index in [2.05, 4.69) is 47.6 Å². The van der Waals surface area contributed by atoms with Gasteiger partial charge in [0.15, 0.2) is 5.78 Å². The predicted octanol–water partition coefficient (Wildman–Crippen LogP) is 8.23. The van der Waals surface area contributed by atoms with Crippen LogP contribution in [0.5, 0.6) is 0 Å². The Bertz CT molecular complexity index is 674. The van der Waals surface area contributed by atoms with Gasteiger partial charge in [0.25, 0.3) is 0 Å². The molecule has 3 saturated carbocycles. The Hall–Kier alpha value is -0.590. The summed E-state index contributed by atoms with van der Waals surface area (Å²) in [7, 11) is 0. The number of hydrogen-bond acceptors (Lipinski definition) is 1. The normalized spacial score (nSPS) is 42.9. The minimum absolute atomic E-state index is 0.327. The van der Waals surface area contributed by atoms with Crippen LogP contribution in [-0.4, -0.2) is 5.78 Å². The molecule has 4 aliphatic carbocycles. The van der Waals surface area contributed by atoms with Gasteiger partial charge in [-0.2, -0.15) is 0 Å². The van der Waals surface area contributed by atoms with Crippen LogP contribution in [-0.2, 0) is 4.79 Å². The molecule has 4 aliphatic rings. The van der Waals surface area contributed by atoms with Crippen molar-refractivity contribution >= 4 is 5.78 Å². The first-order valence-corrected chi connectivity index (χ1v) is 13.4. The van der Waals surface area contributed by atoms with Gasteiger partial charge in [-0.25, -0.2) is 0 Å². The van der Waals surface area contributed by atoms with Gasteiger partial charge < -0.3 is 0 Å². The third-order valence-electron chi connectivity index (χ3n) is 11.2. The second kappa shape index (κ2) is 8.40. The number of allylic oxidation sites excluding steroid dienone is 1. The van der Waals surface area contributed by atoms with Crippen molar-refractivity contribution in [2.24, 2.45) is 52.3 Å². The molecule has 1 nitrogen and oxygen atoms in total. The Morgan fingerprint density at radius 3 is 2.43 bits per heavy atom. The highest BCUT2D eigenvalue weighted by molar-refractivity contribution is 5.91. The molecular formula is C29H48O. The van der Waals surface area contributed by atoms with Gasteiger partial charge in [-0.3, -0.25) is 4.79 Å². The van der Waals surface area contributed by atoms with Gasteiger partial charge in [0, 0.05) is 6.42 Å². The molecule has 0 amide bonds. The van der Waals surface area contributed by atoms with Crippen molar-refractivity contribution in [1.82, 2.24) is 0 Å². The number of rotatable bonds is 6. The molecule has 0 heterocycles. The van der Waals surface area contributed by atoms with Gasteiger partial charge in [0.1, 0.15) is 0 Å². The zero-order valence-electron chi connectivity index (χ0n) is 20.8.